The Bertz CT molecular complexity index is 867. The van der Waals surface area contributed by atoms with E-state index in [1.807, 2.05) is 25.1 Å². The Balaban J connectivity index is 2.18. The Hall–Kier alpha value is -3.42. The van der Waals surface area contributed by atoms with Crippen molar-refractivity contribution in [3.63, 3.8) is 0 Å². The van der Waals surface area contributed by atoms with Gasteiger partial charge >= 0.3 is 5.97 Å². The normalized spacial score (nSPS) is 11.4. The molecule has 148 valence electrons. The van der Waals surface area contributed by atoms with Gasteiger partial charge in [0.05, 0.1) is 10.5 Å². The molecule has 0 aliphatic rings. The smallest absolute Gasteiger partial charge is 0.339 e. The summed E-state index contributed by atoms with van der Waals surface area (Å²) in [6.45, 7) is 3.71. The van der Waals surface area contributed by atoms with Crippen LogP contribution in [0.25, 0.3) is 0 Å². The van der Waals surface area contributed by atoms with E-state index in [9.17, 15) is 19.7 Å². The minimum absolute atomic E-state index is 0.0136. The summed E-state index contributed by atoms with van der Waals surface area (Å²) in [6, 6.07) is 13.1. The number of carbonyl (C=O) groups is 2. The molecule has 0 bridgehead atoms. The lowest BCUT2D eigenvalue weighted by molar-refractivity contribution is -0.384. The zero-order valence-corrected chi connectivity index (χ0v) is 16.3. The highest BCUT2D eigenvalue weighted by Gasteiger charge is 2.26. The first-order chi connectivity index (χ1) is 13.3. The molecule has 0 unspecified atom stereocenters. The number of hydrogen-bond donors (Lipinski definition) is 0. The summed E-state index contributed by atoms with van der Waals surface area (Å²) in [5.41, 5.74) is 0.869. The van der Waals surface area contributed by atoms with E-state index < -0.39 is 17.0 Å². The number of nitro benzene ring substituents is 1. The van der Waals surface area contributed by atoms with Crippen molar-refractivity contribution in [1.29, 1.82) is 0 Å². The molecule has 0 aliphatic carbocycles. The van der Waals surface area contributed by atoms with Crippen molar-refractivity contribution in [2.24, 2.45) is 0 Å². The maximum absolute atomic E-state index is 12.7. The minimum atomic E-state index is -1.04. The summed E-state index contributed by atoms with van der Waals surface area (Å²) in [5, 5.41) is 11.3. The van der Waals surface area contributed by atoms with Crippen molar-refractivity contribution in [2.45, 2.75) is 20.0 Å². The third-order valence-corrected chi connectivity index (χ3v) is 4.17. The van der Waals surface area contributed by atoms with Crippen molar-refractivity contribution in [2.75, 3.05) is 30.4 Å². The molecule has 28 heavy (non-hydrogen) atoms. The number of amides is 1. The summed E-state index contributed by atoms with van der Waals surface area (Å²) >= 11 is 0. The van der Waals surface area contributed by atoms with Gasteiger partial charge in [0.15, 0.2) is 6.10 Å². The number of para-hydroxylation sites is 1. The van der Waals surface area contributed by atoms with E-state index in [2.05, 4.69) is 0 Å². The van der Waals surface area contributed by atoms with Gasteiger partial charge in [-0.05, 0) is 38.1 Å². The fraction of sp³-hybridized carbons (Fsp3) is 0.300. The van der Waals surface area contributed by atoms with Gasteiger partial charge in [-0.1, -0.05) is 18.2 Å². The van der Waals surface area contributed by atoms with Gasteiger partial charge in [0, 0.05) is 32.4 Å². The molecule has 0 aliphatic heterocycles. The summed E-state index contributed by atoms with van der Waals surface area (Å²) in [4.78, 5) is 38.9. The molecule has 0 N–H and O–H groups in total. The molecular weight excluding hydrogens is 362 g/mol. The van der Waals surface area contributed by atoms with Crippen molar-refractivity contribution in [1.82, 2.24) is 0 Å². The molecule has 8 nitrogen and oxygen atoms in total. The second kappa shape index (κ2) is 8.98. The van der Waals surface area contributed by atoms with Crippen LogP contribution in [0.3, 0.4) is 0 Å². The standard InChI is InChI=1S/C20H23N3O5/c1-5-22(16-9-7-6-8-10-16)19(24)14(2)28-20(25)15-11-12-17(21(3)4)18(13-15)23(26)27/h6-14H,5H2,1-4H3/t14-/m0/s1. The Morgan fingerprint density at radius 1 is 1.14 bits per heavy atom. The van der Waals surface area contributed by atoms with Crippen LogP contribution in [0.15, 0.2) is 48.5 Å². The monoisotopic (exact) mass is 385 g/mol. The maximum Gasteiger partial charge on any atom is 0.339 e. The van der Waals surface area contributed by atoms with Crippen LogP contribution in [0.4, 0.5) is 17.1 Å². The second-order valence-corrected chi connectivity index (χ2v) is 6.32. The molecule has 0 fully saturated rings. The van der Waals surface area contributed by atoms with Crippen LogP contribution in [0.2, 0.25) is 0 Å². The molecule has 2 rings (SSSR count). The topological polar surface area (TPSA) is 93.0 Å². The number of carbonyl (C=O) groups excluding carboxylic acids is 2. The number of nitro groups is 1. The molecule has 1 amide bonds. The highest BCUT2D eigenvalue weighted by molar-refractivity contribution is 5.99. The Morgan fingerprint density at radius 2 is 1.79 bits per heavy atom. The molecular formula is C20H23N3O5. The summed E-state index contributed by atoms with van der Waals surface area (Å²) < 4.78 is 5.27. The van der Waals surface area contributed by atoms with Crippen molar-refractivity contribution >= 4 is 28.9 Å². The number of rotatable bonds is 7. The van der Waals surface area contributed by atoms with E-state index in [0.717, 1.165) is 6.07 Å². The number of hydrogen-bond acceptors (Lipinski definition) is 6. The van der Waals surface area contributed by atoms with Crippen molar-refractivity contribution < 1.29 is 19.2 Å². The molecule has 8 heteroatoms. The van der Waals surface area contributed by atoms with Gasteiger partial charge in [-0.25, -0.2) is 4.79 Å². The highest BCUT2D eigenvalue weighted by atomic mass is 16.6. The fourth-order valence-electron chi connectivity index (χ4n) is 2.75. The molecule has 0 aromatic heterocycles. The quantitative estimate of drug-likeness (QED) is 0.413. The Labute approximate surface area is 163 Å². The molecule has 0 heterocycles. The van der Waals surface area contributed by atoms with Gasteiger partial charge < -0.3 is 14.5 Å². The first-order valence-electron chi connectivity index (χ1n) is 8.79. The van der Waals surface area contributed by atoms with Gasteiger partial charge in [-0.2, -0.15) is 0 Å². The van der Waals surface area contributed by atoms with Crippen LogP contribution >= 0.6 is 0 Å². The molecule has 0 saturated carbocycles. The van der Waals surface area contributed by atoms with Crippen LogP contribution in [0, 0.1) is 10.1 Å². The van der Waals surface area contributed by atoms with Crippen molar-refractivity contribution in [3.05, 3.63) is 64.2 Å². The first kappa shape index (κ1) is 20.9. The van der Waals surface area contributed by atoms with Crippen LogP contribution < -0.4 is 9.80 Å². The van der Waals surface area contributed by atoms with Crippen LogP contribution in [0.1, 0.15) is 24.2 Å². The lowest BCUT2D eigenvalue weighted by Gasteiger charge is -2.24. The Kier molecular flexibility index (Phi) is 6.70. The van der Waals surface area contributed by atoms with E-state index in [1.54, 1.807) is 31.1 Å². The molecule has 0 saturated heterocycles. The average molecular weight is 385 g/mol. The van der Waals surface area contributed by atoms with Gasteiger partial charge in [0.1, 0.15) is 5.69 Å². The second-order valence-electron chi connectivity index (χ2n) is 6.32. The lowest BCUT2D eigenvalue weighted by Crippen LogP contribution is -2.40. The third-order valence-electron chi connectivity index (χ3n) is 4.17. The Morgan fingerprint density at radius 3 is 2.32 bits per heavy atom. The maximum atomic E-state index is 12.7. The predicted molar refractivity (Wildman–Crippen MR) is 107 cm³/mol. The molecule has 0 spiro atoms. The first-order valence-corrected chi connectivity index (χ1v) is 8.79. The molecule has 0 radical (unpaired) electrons. The van der Waals surface area contributed by atoms with E-state index >= 15 is 0 Å². The number of anilines is 2. The number of likely N-dealkylation sites (N-methyl/N-ethyl adjacent to an activating group) is 1. The predicted octanol–water partition coefficient (Wildman–Crippen LogP) is 3.26. The fourth-order valence-corrected chi connectivity index (χ4v) is 2.75. The van der Waals surface area contributed by atoms with E-state index in [4.69, 9.17) is 4.74 Å². The molecule has 1 atom stereocenters. The largest absolute Gasteiger partial charge is 0.449 e. The zero-order valence-electron chi connectivity index (χ0n) is 16.3. The summed E-state index contributed by atoms with van der Waals surface area (Å²) in [5.74, 6) is -1.17. The lowest BCUT2D eigenvalue weighted by atomic mass is 10.1. The third kappa shape index (κ3) is 4.64. The number of benzene rings is 2. The van der Waals surface area contributed by atoms with Crippen LogP contribution in [-0.2, 0) is 9.53 Å². The molecule has 2 aromatic rings. The minimum Gasteiger partial charge on any atom is -0.449 e. The van der Waals surface area contributed by atoms with E-state index in [1.165, 1.54) is 24.0 Å². The number of esters is 1. The van der Waals surface area contributed by atoms with Gasteiger partial charge in [0.2, 0.25) is 0 Å². The summed E-state index contributed by atoms with van der Waals surface area (Å²) in [6.07, 6.45) is -1.04. The number of nitrogens with zero attached hydrogens (tertiary/aromatic N) is 3. The molecule has 2 aromatic carbocycles. The van der Waals surface area contributed by atoms with Gasteiger partial charge in [-0.15, -0.1) is 0 Å². The van der Waals surface area contributed by atoms with Crippen LogP contribution in [0.5, 0.6) is 0 Å². The van der Waals surface area contributed by atoms with Crippen LogP contribution in [-0.4, -0.2) is 43.5 Å². The summed E-state index contributed by atoms with van der Waals surface area (Å²) in [7, 11) is 3.34. The van der Waals surface area contributed by atoms with Crippen molar-refractivity contribution in [3.8, 4) is 0 Å². The van der Waals surface area contributed by atoms with E-state index in [-0.39, 0.29) is 17.2 Å². The average Bonchev–Trinajstić information content (AvgIpc) is 2.68. The SMILES string of the molecule is CCN(C(=O)[C@H](C)OC(=O)c1ccc(N(C)C)c([N+](=O)[O-])c1)c1ccccc1. The van der Waals surface area contributed by atoms with Gasteiger partial charge in [-0.3, -0.25) is 14.9 Å². The number of ether oxygens (including phenoxy) is 1. The van der Waals surface area contributed by atoms with Gasteiger partial charge in [0.25, 0.3) is 11.6 Å². The van der Waals surface area contributed by atoms with E-state index in [0.29, 0.717) is 17.9 Å². The zero-order chi connectivity index (χ0) is 20.8. The highest BCUT2D eigenvalue weighted by Crippen LogP contribution is 2.28.